The number of aromatic nitrogens is 3. The van der Waals surface area contributed by atoms with E-state index in [1.807, 2.05) is 29.7 Å². The largest absolute Gasteiger partial charge is 0.489 e. The summed E-state index contributed by atoms with van der Waals surface area (Å²) in [6.07, 6.45) is 4.43. The summed E-state index contributed by atoms with van der Waals surface area (Å²) in [5.74, 6) is 1.78. The second-order valence-electron chi connectivity index (χ2n) is 4.41. The maximum absolute atomic E-state index is 5.97. The van der Waals surface area contributed by atoms with E-state index >= 15 is 0 Å². The van der Waals surface area contributed by atoms with Crippen LogP contribution in [0.4, 0.5) is 0 Å². The van der Waals surface area contributed by atoms with E-state index in [2.05, 4.69) is 15.5 Å². The first-order chi connectivity index (χ1) is 8.33. The molecule has 17 heavy (non-hydrogen) atoms. The highest BCUT2D eigenvalue weighted by molar-refractivity contribution is 5.41. The van der Waals surface area contributed by atoms with E-state index in [4.69, 9.17) is 4.74 Å². The van der Waals surface area contributed by atoms with Crippen molar-refractivity contribution in [3.05, 3.63) is 24.2 Å². The van der Waals surface area contributed by atoms with Crippen molar-refractivity contribution >= 4 is 5.65 Å². The Kier molecular flexibility index (Phi) is 2.68. The predicted octanol–water partition coefficient (Wildman–Crippen LogP) is 1.17. The summed E-state index contributed by atoms with van der Waals surface area (Å²) in [6, 6.07) is 3.90. The molecule has 0 saturated carbocycles. The van der Waals surface area contributed by atoms with Crippen molar-refractivity contribution in [3.8, 4) is 5.75 Å². The zero-order valence-electron chi connectivity index (χ0n) is 9.89. The molecule has 0 spiro atoms. The Bertz CT molecular complexity index is 516. The Balaban J connectivity index is 1.82. The van der Waals surface area contributed by atoms with Crippen molar-refractivity contribution in [1.82, 2.24) is 19.9 Å². The molecule has 90 valence electrons. The van der Waals surface area contributed by atoms with E-state index < -0.39 is 0 Å². The van der Waals surface area contributed by atoms with Crippen LogP contribution >= 0.6 is 0 Å². The molecule has 0 radical (unpaired) electrons. The lowest BCUT2D eigenvalue weighted by Gasteiger charge is -2.23. The lowest BCUT2D eigenvalue weighted by Crippen LogP contribution is -2.34. The predicted molar refractivity (Wildman–Crippen MR) is 64.2 cm³/mol. The molecule has 0 atom stereocenters. The van der Waals surface area contributed by atoms with Gasteiger partial charge in [0.25, 0.3) is 0 Å². The molecular weight excluding hydrogens is 216 g/mol. The van der Waals surface area contributed by atoms with E-state index in [9.17, 15) is 0 Å². The number of fused-ring (bicyclic) bond motifs is 1. The van der Waals surface area contributed by atoms with Gasteiger partial charge in [0.15, 0.2) is 5.65 Å². The molecule has 1 saturated heterocycles. The van der Waals surface area contributed by atoms with Gasteiger partial charge in [-0.3, -0.25) is 4.40 Å². The van der Waals surface area contributed by atoms with Gasteiger partial charge in [-0.1, -0.05) is 0 Å². The second-order valence-corrected chi connectivity index (χ2v) is 4.41. The first-order valence-corrected chi connectivity index (χ1v) is 6.02. The summed E-state index contributed by atoms with van der Waals surface area (Å²) < 4.78 is 7.93. The van der Waals surface area contributed by atoms with Gasteiger partial charge < -0.3 is 10.1 Å². The fraction of sp³-hybridized carbons (Fsp3) is 0.500. The molecule has 0 amide bonds. The first-order valence-electron chi connectivity index (χ1n) is 6.02. The minimum Gasteiger partial charge on any atom is -0.489 e. The van der Waals surface area contributed by atoms with Gasteiger partial charge in [0.2, 0.25) is 0 Å². The average Bonchev–Trinajstić information content (AvgIpc) is 2.73. The zero-order valence-corrected chi connectivity index (χ0v) is 9.89. The monoisotopic (exact) mass is 232 g/mol. The Morgan fingerprint density at radius 2 is 2.12 bits per heavy atom. The standard InChI is InChI=1S/C12H16N4O/c1-9-14-15-12-3-2-11(8-16(9)12)17-10-4-6-13-7-5-10/h2-3,8,10,13H,4-7H2,1H3. The molecule has 5 heteroatoms. The van der Waals surface area contributed by atoms with Gasteiger partial charge in [0.05, 0.1) is 6.20 Å². The maximum atomic E-state index is 5.97. The van der Waals surface area contributed by atoms with Gasteiger partial charge in [-0.05, 0) is 45.0 Å². The Morgan fingerprint density at radius 1 is 1.29 bits per heavy atom. The molecule has 2 aromatic rings. The van der Waals surface area contributed by atoms with E-state index in [0.29, 0.717) is 6.10 Å². The van der Waals surface area contributed by atoms with Crippen LogP contribution in [0.25, 0.3) is 5.65 Å². The van der Waals surface area contributed by atoms with Crippen LogP contribution in [0.3, 0.4) is 0 Å². The maximum Gasteiger partial charge on any atom is 0.161 e. The molecule has 1 fully saturated rings. The molecule has 0 unspecified atom stereocenters. The number of aryl methyl sites for hydroxylation is 1. The van der Waals surface area contributed by atoms with Crippen LogP contribution in [0, 0.1) is 6.92 Å². The summed E-state index contributed by atoms with van der Waals surface area (Å²) in [4.78, 5) is 0. The van der Waals surface area contributed by atoms with Gasteiger partial charge in [-0.15, -0.1) is 10.2 Å². The number of nitrogens with zero attached hydrogens (tertiary/aromatic N) is 3. The van der Waals surface area contributed by atoms with Crippen molar-refractivity contribution < 1.29 is 4.74 Å². The van der Waals surface area contributed by atoms with Gasteiger partial charge in [0.1, 0.15) is 17.7 Å². The van der Waals surface area contributed by atoms with Crippen LogP contribution in [0.5, 0.6) is 5.75 Å². The summed E-state index contributed by atoms with van der Waals surface area (Å²) in [6.45, 7) is 4.02. The number of ether oxygens (including phenoxy) is 1. The highest BCUT2D eigenvalue weighted by Gasteiger charge is 2.14. The topological polar surface area (TPSA) is 51.5 Å². The van der Waals surface area contributed by atoms with Crippen molar-refractivity contribution in [1.29, 1.82) is 0 Å². The lowest BCUT2D eigenvalue weighted by atomic mass is 10.1. The third-order valence-corrected chi connectivity index (χ3v) is 3.13. The Labute approximate surface area is 99.8 Å². The minimum absolute atomic E-state index is 0.325. The van der Waals surface area contributed by atoms with Crippen molar-refractivity contribution in [2.75, 3.05) is 13.1 Å². The van der Waals surface area contributed by atoms with Crippen LogP contribution in [-0.2, 0) is 0 Å². The second kappa shape index (κ2) is 4.33. The van der Waals surface area contributed by atoms with E-state index in [0.717, 1.165) is 43.2 Å². The molecular formula is C12H16N4O. The number of hydrogen-bond donors (Lipinski definition) is 1. The zero-order chi connectivity index (χ0) is 11.7. The highest BCUT2D eigenvalue weighted by atomic mass is 16.5. The number of rotatable bonds is 2. The first kappa shape index (κ1) is 10.5. The van der Waals surface area contributed by atoms with Gasteiger partial charge >= 0.3 is 0 Å². The minimum atomic E-state index is 0.325. The molecule has 5 nitrogen and oxygen atoms in total. The lowest BCUT2D eigenvalue weighted by molar-refractivity contribution is 0.162. The molecule has 1 N–H and O–H groups in total. The molecule has 0 bridgehead atoms. The van der Waals surface area contributed by atoms with Gasteiger partial charge in [0, 0.05) is 0 Å². The SMILES string of the molecule is Cc1nnc2ccc(OC3CCNCC3)cn12. The summed E-state index contributed by atoms with van der Waals surface area (Å²) in [7, 11) is 0. The van der Waals surface area contributed by atoms with Gasteiger partial charge in [-0.25, -0.2) is 0 Å². The molecule has 3 heterocycles. The number of hydrogen-bond acceptors (Lipinski definition) is 4. The number of piperidine rings is 1. The summed E-state index contributed by atoms with van der Waals surface area (Å²) >= 11 is 0. The number of pyridine rings is 1. The Hall–Kier alpha value is -1.62. The molecule has 0 aromatic carbocycles. The van der Waals surface area contributed by atoms with Crippen molar-refractivity contribution in [2.24, 2.45) is 0 Å². The fourth-order valence-corrected chi connectivity index (χ4v) is 2.16. The molecule has 1 aliphatic rings. The fourth-order valence-electron chi connectivity index (χ4n) is 2.16. The van der Waals surface area contributed by atoms with Crippen molar-refractivity contribution in [2.45, 2.75) is 25.9 Å². The molecule has 3 rings (SSSR count). The third kappa shape index (κ3) is 2.10. The summed E-state index contributed by atoms with van der Waals surface area (Å²) in [5.41, 5.74) is 0.861. The van der Waals surface area contributed by atoms with Crippen LogP contribution in [0.1, 0.15) is 18.7 Å². The van der Waals surface area contributed by atoms with E-state index in [-0.39, 0.29) is 0 Å². The van der Waals surface area contributed by atoms with E-state index in [1.165, 1.54) is 0 Å². The van der Waals surface area contributed by atoms with Crippen LogP contribution in [-0.4, -0.2) is 33.8 Å². The normalized spacial score (nSPS) is 17.5. The van der Waals surface area contributed by atoms with Gasteiger partial charge in [-0.2, -0.15) is 0 Å². The molecule has 1 aliphatic heterocycles. The molecule has 0 aliphatic carbocycles. The quantitative estimate of drug-likeness (QED) is 0.844. The van der Waals surface area contributed by atoms with Crippen LogP contribution in [0.15, 0.2) is 18.3 Å². The summed E-state index contributed by atoms with van der Waals surface area (Å²) in [5, 5.41) is 11.4. The van der Waals surface area contributed by atoms with Crippen LogP contribution < -0.4 is 10.1 Å². The van der Waals surface area contributed by atoms with Crippen LogP contribution in [0.2, 0.25) is 0 Å². The Morgan fingerprint density at radius 3 is 2.94 bits per heavy atom. The van der Waals surface area contributed by atoms with E-state index in [1.54, 1.807) is 0 Å². The van der Waals surface area contributed by atoms with Crippen molar-refractivity contribution in [3.63, 3.8) is 0 Å². The molecule has 2 aromatic heterocycles. The smallest absolute Gasteiger partial charge is 0.161 e. The highest BCUT2D eigenvalue weighted by Crippen LogP contribution is 2.17. The number of nitrogens with one attached hydrogen (secondary N) is 1. The third-order valence-electron chi connectivity index (χ3n) is 3.13. The average molecular weight is 232 g/mol.